The van der Waals surface area contributed by atoms with E-state index >= 15 is 0 Å². The first-order valence-electron chi connectivity index (χ1n) is 4.78. The molecule has 0 aliphatic carbocycles. The van der Waals surface area contributed by atoms with Crippen molar-refractivity contribution in [2.45, 2.75) is 13.5 Å². The predicted molar refractivity (Wildman–Crippen MR) is 60.5 cm³/mol. The number of ketones is 1. The Bertz CT molecular complexity index is 508. The van der Waals surface area contributed by atoms with E-state index in [0.29, 0.717) is 10.6 Å². The highest BCUT2D eigenvalue weighted by atomic mass is 35.5. The van der Waals surface area contributed by atoms with Gasteiger partial charge in [-0.05, 0) is 30.7 Å². The number of hydrogen-bond donors (Lipinski definition) is 0. The van der Waals surface area contributed by atoms with Gasteiger partial charge in [0.05, 0.1) is 0 Å². The zero-order valence-electron chi connectivity index (χ0n) is 8.72. The lowest BCUT2D eigenvalue weighted by molar-refractivity contribution is 0.0967. The fraction of sp³-hybridized carbons (Fsp3) is 0.182. The van der Waals surface area contributed by atoms with Crippen molar-refractivity contribution in [3.63, 3.8) is 0 Å². The Labute approximate surface area is 97.9 Å². The second-order valence-electron chi connectivity index (χ2n) is 3.48. The van der Waals surface area contributed by atoms with Crippen LogP contribution in [0.25, 0.3) is 0 Å². The Morgan fingerprint density at radius 2 is 2.31 bits per heavy atom. The molecule has 82 valence electrons. The molecule has 0 radical (unpaired) electrons. The topological polar surface area (TPSA) is 47.8 Å². The van der Waals surface area contributed by atoms with Gasteiger partial charge in [0.25, 0.3) is 0 Å². The van der Waals surface area contributed by atoms with Crippen LogP contribution in [-0.2, 0) is 6.54 Å². The molecule has 0 fully saturated rings. The van der Waals surface area contributed by atoms with Gasteiger partial charge < -0.3 is 0 Å². The molecule has 0 atom stereocenters. The van der Waals surface area contributed by atoms with Crippen LogP contribution < -0.4 is 0 Å². The maximum atomic E-state index is 11.8. The molecule has 0 saturated carbocycles. The van der Waals surface area contributed by atoms with Crippen molar-refractivity contribution in [1.29, 1.82) is 0 Å². The van der Waals surface area contributed by atoms with Crippen molar-refractivity contribution >= 4 is 17.4 Å². The summed E-state index contributed by atoms with van der Waals surface area (Å²) < 4.78 is 1.49. The van der Waals surface area contributed by atoms with Crippen molar-refractivity contribution < 1.29 is 4.79 Å². The Morgan fingerprint density at radius 1 is 1.50 bits per heavy atom. The Balaban J connectivity index is 2.18. The zero-order valence-corrected chi connectivity index (χ0v) is 9.48. The van der Waals surface area contributed by atoms with Gasteiger partial charge in [0.1, 0.15) is 19.2 Å². The second-order valence-corrected chi connectivity index (χ2v) is 3.89. The summed E-state index contributed by atoms with van der Waals surface area (Å²) in [5.41, 5.74) is 1.53. The fourth-order valence-electron chi connectivity index (χ4n) is 1.37. The summed E-state index contributed by atoms with van der Waals surface area (Å²) in [5, 5.41) is 4.54. The van der Waals surface area contributed by atoms with Crippen LogP contribution in [0.5, 0.6) is 0 Å². The summed E-state index contributed by atoms with van der Waals surface area (Å²) in [7, 11) is 0. The van der Waals surface area contributed by atoms with E-state index in [4.69, 9.17) is 11.6 Å². The molecule has 0 N–H and O–H groups in total. The molecule has 0 spiro atoms. The third kappa shape index (κ3) is 2.28. The van der Waals surface area contributed by atoms with Crippen molar-refractivity contribution in [2.24, 2.45) is 0 Å². The van der Waals surface area contributed by atoms with Crippen LogP contribution in [0.15, 0.2) is 30.9 Å². The number of halogens is 1. The van der Waals surface area contributed by atoms with Crippen LogP contribution in [0.3, 0.4) is 0 Å². The Kier molecular flexibility index (Phi) is 3.01. The number of benzene rings is 1. The van der Waals surface area contributed by atoms with Crippen LogP contribution in [0.1, 0.15) is 15.9 Å². The molecule has 0 amide bonds. The molecule has 0 aliphatic heterocycles. The first kappa shape index (κ1) is 10.8. The minimum Gasteiger partial charge on any atom is -0.292 e. The highest BCUT2D eigenvalue weighted by molar-refractivity contribution is 6.31. The quantitative estimate of drug-likeness (QED) is 0.766. The Morgan fingerprint density at radius 3 is 2.94 bits per heavy atom. The lowest BCUT2D eigenvalue weighted by Gasteiger charge is -2.03. The van der Waals surface area contributed by atoms with Crippen molar-refractivity contribution in [1.82, 2.24) is 14.8 Å². The van der Waals surface area contributed by atoms with Crippen LogP contribution in [0.4, 0.5) is 0 Å². The maximum absolute atomic E-state index is 11.8. The van der Waals surface area contributed by atoms with Crippen LogP contribution in [-0.4, -0.2) is 20.5 Å². The minimum absolute atomic E-state index is 0.00901. The largest absolute Gasteiger partial charge is 0.292 e. The van der Waals surface area contributed by atoms with E-state index in [0.717, 1.165) is 5.56 Å². The van der Waals surface area contributed by atoms with Crippen molar-refractivity contribution in [3.8, 4) is 0 Å². The molecule has 16 heavy (non-hydrogen) atoms. The van der Waals surface area contributed by atoms with Gasteiger partial charge in [-0.1, -0.05) is 11.6 Å². The number of rotatable bonds is 3. The molecule has 1 aromatic carbocycles. The van der Waals surface area contributed by atoms with Gasteiger partial charge in [-0.15, -0.1) is 0 Å². The molecule has 0 unspecified atom stereocenters. The predicted octanol–water partition coefficient (Wildman–Crippen LogP) is 2.12. The van der Waals surface area contributed by atoms with Crippen molar-refractivity contribution in [2.75, 3.05) is 0 Å². The number of hydrogen-bond acceptors (Lipinski definition) is 3. The summed E-state index contributed by atoms with van der Waals surface area (Å²) in [4.78, 5) is 15.6. The van der Waals surface area contributed by atoms with Gasteiger partial charge in [-0.3, -0.25) is 4.79 Å². The molecule has 5 heteroatoms. The molecule has 4 nitrogen and oxygen atoms in total. The molecular formula is C11H10ClN3O. The zero-order chi connectivity index (χ0) is 11.5. The van der Waals surface area contributed by atoms with Gasteiger partial charge in [0.2, 0.25) is 0 Å². The summed E-state index contributed by atoms with van der Waals surface area (Å²) in [6.07, 6.45) is 2.92. The van der Waals surface area contributed by atoms with Gasteiger partial charge in [-0.2, -0.15) is 5.10 Å². The molecule has 1 aromatic heterocycles. The Hall–Kier alpha value is -1.68. The number of aromatic nitrogens is 3. The number of Topliss-reactive ketones (excluding diaryl/α,β-unsaturated/α-hetero) is 1. The van der Waals surface area contributed by atoms with E-state index < -0.39 is 0 Å². The van der Waals surface area contributed by atoms with E-state index in [9.17, 15) is 4.79 Å². The molecule has 0 saturated heterocycles. The van der Waals surface area contributed by atoms with E-state index in [-0.39, 0.29) is 12.3 Å². The summed E-state index contributed by atoms with van der Waals surface area (Å²) in [5.74, 6) is -0.00901. The fourth-order valence-corrected chi connectivity index (χ4v) is 1.49. The third-order valence-corrected chi connectivity index (χ3v) is 2.68. The van der Waals surface area contributed by atoms with Gasteiger partial charge in [0.15, 0.2) is 5.78 Å². The second kappa shape index (κ2) is 4.45. The van der Waals surface area contributed by atoms with Crippen LogP contribution in [0.2, 0.25) is 5.02 Å². The lowest BCUT2D eigenvalue weighted by atomic mass is 10.1. The molecule has 2 aromatic rings. The number of aryl methyl sites for hydroxylation is 1. The smallest absolute Gasteiger partial charge is 0.184 e. The van der Waals surface area contributed by atoms with E-state index in [1.165, 1.54) is 17.3 Å². The third-order valence-electron chi connectivity index (χ3n) is 2.25. The monoisotopic (exact) mass is 235 g/mol. The van der Waals surface area contributed by atoms with E-state index in [1.807, 2.05) is 6.92 Å². The highest BCUT2D eigenvalue weighted by Crippen LogP contribution is 2.16. The molecule has 1 heterocycles. The first-order chi connectivity index (χ1) is 7.66. The maximum Gasteiger partial charge on any atom is 0.184 e. The number of carbonyl (C=O) groups excluding carboxylic acids is 1. The van der Waals surface area contributed by atoms with Crippen molar-refractivity contribution in [3.05, 3.63) is 47.0 Å². The van der Waals surface area contributed by atoms with E-state index in [2.05, 4.69) is 10.1 Å². The number of nitrogens with zero attached hydrogens (tertiary/aromatic N) is 3. The summed E-state index contributed by atoms with van der Waals surface area (Å²) >= 11 is 5.89. The molecular weight excluding hydrogens is 226 g/mol. The lowest BCUT2D eigenvalue weighted by Crippen LogP contribution is -2.10. The SMILES string of the molecule is Cc1cc(C(=O)Cn2cncn2)ccc1Cl. The first-order valence-corrected chi connectivity index (χ1v) is 5.16. The van der Waals surface area contributed by atoms with Crippen LogP contribution >= 0.6 is 11.6 Å². The average Bonchev–Trinajstić information content (AvgIpc) is 2.74. The number of carbonyl (C=O) groups is 1. The van der Waals surface area contributed by atoms with Crippen LogP contribution in [0, 0.1) is 6.92 Å². The minimum atomic E-state index is -0.00901. The van der Waals surface area contributed by atoms with Gasteiger partial charge >= 0.3 is 0 Å². The molecule has 0 bridgehead atoms. The summed E-state index contributed by atoms with van der Waals surface area (Å²) in [6, 6.07) is 5.22. The van der Waals surface area contributed by atoms with Gasteiger partial charge in [0, 0.05) is 10.6 Å². The summed E-state index contributed by atoms with van der Waals surface area (Å²) in [6.45, 7) is 2.07. The molecule has 0 aliphatic rings. The van der Waals surface area contributed by atoms with Gasteiger partial charge in [-0.25, -0.2) is 9.67 Å². The molecule has 2 rings (SSSR count). The average molecular weight is 236 g/mol. The normalized spacial score (nSPS) is 10.4. The van der Waals surface area contributed by atoms with E-state index in [1.54, 1.807) is 18.2 Å². The highest BCUT2D eigenvalue weighted by Gasteiger charge is 2.08. The standard InChI is InChI=1S/C11H10ClN3O/c1-8-4-9(2-3-10(8)12)11(16)5-15-7-13-6-14-15/h2-4,6-7H,5H2,1H3.